The van der Waals surface area contributed by atoms with Crippen molar-refractivity contribution >= 4 is 23.3 Å². The Hall–Kier alpha value is -0.880. The molecule has 0 radical (unpaired) electrons. The average molecular weight is 274 g/mol. The summed E-state index contributed by atoms with van der Waals surface area (Å²) in [6.45, 7) is 6.67. The molecular weight excluding hydrogens is 252 g/mol. The number of nitrogens with one attached hydrogen (secondary N) is 1. The van der Waals surface area contributed by atoms with Crippen molar-refractivity contribution in [2.75, 3.05) is 19.7 Å². The van der Waals surface area contributed by atoms with Gasteiger partial charge in [-0.05, 0) is 33.6 Å². The zero-order valence-electron chi connectivity index (χ0n) is 11.2. The highest BCUT2D eigenvalue weighted by Gasteiger charge is 2.26. The zero-order valence-corrected chi connectivity index (χ0v) is 12.0. The van der Waals surface area contributed by atoms with Crippen LogP contribution in [-0.4, -0.2) is 52.4 Å². The number of aliphatic hydroxyl groups is 1. The number of hydrogen-bond acceptors (Lipinski definition) is 4. The molecule has 0 spiro atoms. The van der Waals surface area contributed by atoms with Crippen molar-refractivity contribution in [3.05, 3.63) is 0 Å². The molecule has 1 rings (SSSR count). The number of hydrogen-bond donors (Lipinski definition) is 2. The molecule has 1 amide bonds. The SMILES string of the molecule is CC(C)(C)OC(=O)NCC(=S)N1CCC[C@H]1CO. The maximum atomic E-state index is 11.5. The molecule has 0 bridgehead atoms. The van der Waals surface area contributed by atoms with E-state index < -0.39 is 11.7 Å². The van der Waals surface area contributed by atoms with Gasteiger partial charge in [-0.1, -0.05) is 12.2 Å². The lowest BCUT2D eigenvalue weighted by Gasteiger charge is -2.26. The Morgan fingerprint density at radius 3 is 2.78 bits per heavy atom. The molecule has 1 aliphatic rings. The van der Waals surface area contributed by atoms with E-state index in [1.807, 2.05) is 25.7 Å². The summed E-state index contributed by atoms with van der Waals surface area (Å²) in [6, 6.07) is 0.0953. The quantitative estimate of drug-likeness (QED) is 0.760. The number of thiocarbonyl (C=S) groups is 1. The molecule has 0 aromatic carbocycles. The molecule has 1 atom stereocenters. The Kier molecular flexibility index (Phi) is 5.34. The lowest BCUT2D eigenvalue weighted by atomic mass is 10.2. The number of rotatable bonds is 3. The van der Waals surface area contributed by atoms with Gasteiger partial charge >= 0.3 is 6.09 Å². The molecule has 0 unspecified atom stereocenters. The van der Waals surface area contributed by atoms with Gasteiger partial charge in [-0.2, -0.15) is 0 Å². The summed E-state index contributed by atoms with van der Waals surface area (Å²) in [4.78, 5) is 14.1. The molecule has 0 aromatic rings. The Bertz CT molecular complexity index is 315. The second-order valence-electron chi connectivity index (χ2n) is 5.42. The summed E-state index contributed by atoms with van der Waals surface area (Å²) in [5, 5.41) is 11.8. The van der Waals surface area contributed by atoms with Crippen LogP contribution in [0.25, 0.3) is 0 Å². The van der Waals surface area contributed by atoms with Crippen LogP contribution in [-0.2, 0) is 4.74 Å². The molecule has 104 valence electrons. The predicted molar refractivity (Wildman–Crippen MR) is 73.6 cm³/mol. The van der Waals surface area contributed by atoms with Crippen molar-refractivity contribution in [2.45, 2.75) is 45.3 Å². The third kappa shape index (κ3) is 4.78. The Morgan fingerprint density at radius 2 is 2.22 bits per heavy atom. The van der Waals surface area contributed by atoms with E-state index in [0.29, 0.717) is 4.99 Å². The summed E-state index contributed by atoms with van der Waals surface area (Å²) >= 11 is 5.26. The van der Waals surface area contributed by atoms with E-state index in [0.717, 1.165) is 19.4 Å². The first kappa shape index (κ1) is 15.2. The highest BCUT2D eigenvalue weighted by Crippen LogP contribution is 2.17. The largest absolute Gasteiger partial charge is 0.444 e. The van der Waals surface area contributed by atoms with E-state index in [4.69, 9.17) is 17.0 Å². The van der Waals surface area contributed by atoms with Crippen LogP contribution in [0.2, 0.25) is 0 Å². The van der Waals surface area contributed by atoms with Crippen LogP contribution in [0.1, 0.15) is 33.6 Å². The molecular formula is C12H22N2O3S. The summed E-state index contributed by atoms with van der Waals surface area (Å²) < 4.78 is 5.13. The van der Waals surface area contributed by atoms with Gasteiger partial charge in [-0.3, -0.25) is 0 Å². The van der Waals surface area contributed by atoms with Gasteiger partial charge < -0.3 is 20.1 Å². The molecule has 1 aliphatic heterocycles. The van der Waals surface area contributed by atoms with Gasteiger partial charge in [0.1, 0.15) is 5.60 Å². The van der Waals surface area contributed by atoms with Crippen LogP contribution in [0.3, 0.4) is 0 Å². The fourth-order valence-electron chi connectivity index (χ4n) is 1.92. The van der Waals surface area contributed by atoms with E-state index in [2.05, 4.69) is 5.32 Å². The first-order valence-corrected chi connectivity index (χ1v) is 6.61. The van der Waals surface area contributed by atoms with Crippen molar-refractivity contribution in [2.24, 2.45) is 0 Å². The molecule has 1 heterocycles. The normalized spacial score (nSPS) is 19.8. The van der Waals surface area contributed by atoms with Gasteiger partial charge in [0, 0.05) is 6.54 Å². The van der Waals surface area contributed by atoms with Crippen LogP contribution >= 0.6 is 12.2 Å². The van der Waals surface area contributed by atoms with Crippen LogP contribution in [0.5, 0.6) is 0 Å². The topological polar surface area (TPSA) is 61.8 Å². The smallest absolute Gasteiger partial charge is 0.408 e. The first-order valence-electron chi connectivity index (χ1n) is 6.20. The minimum atomic E-state index is -0.507. The van der Waals surface area contributed by atoms with Gasteiger partial charge in [0.25, 0.3) is 0 Å². The second kappa shape index (κ2) is 6.33. The maximum Gasteiger partial charge on any atom is 0.408 e. The Labute approximate surface area is 113 Å². The number of ether oxygens (including phenoxy) is 1. The van der Waals surface area contributed by atoms with Crippen molar-refractivity contribution in [1.29, 1.82) is 0 Å². The van der Waals surface area contributed by atoms with Crippen LogP contribution in [0.4, 0.5) is 4.79 Å². The molecule has 6 heteroatoms. The van der Waals surface area contributed by atoms with Crippen molar-refractivity contribution < 1.29 is 14.6 Å². The second-order valence-corrected chi connectivity index (χ2v) is 5.89. The third-order valence-corrected chi connectivity index (χ3v) is 3.07. The number of carbonyl (C=O) groups is 1. The summed E-state index contributed by atoms with van der Waals surface area (Å²) in [7, 11) is 0. The lowest BCUT2D eigenvalue weighted by molar-refractivity contribution is 0.0534. The molecule has 0 aromatic heterocycles. The molecule has 18 heavy (non-hydrogen) atoms. The molecule has 0 aliphatic carbocycles. The van der Waals surface area contributed by atoms with E-state index in [-0.39, 0.29) is 19.2 Å². The number of alkyl carbamates (subject to hydrolysis) is 1. The zero-order chi connectivity index (χ0) is 13.8. The van der Waals surface area contributed by atoms with E-state index in [9.17, 15) is 9.90 Å². The molecule has 5 nitrogen and oxygen atoms in total. The lowest BCUT2D eigenvalue weighted by Crippen LogP contribution is -2.43. The minimum Gasteiger partial charge on any atom is -0.444 e. The standard InChI is InChI=1S/C12H22N2O3S/c1-12(2,3)17-11(16)13-7-10(18)14-6-4-5-9(14)8-15/h9,15H,4-8H2,1-3H3,(H,13,16)/t9-/m0/s1. The van der Waals surface area contributed by atoms with Crippen molar-refractivity contribution in [3.63, 3.8) is 0 Å². The van der Waals surface area contributed by atoms with Crippen molar-refractivity contribution in [3.8, 4) is 0 Å². The summed E-state index contributed by atoms with van der Waals surface area (Å²) in [6.07, 6.45) is 1.51. The number of amides is 1. The molecule has 0 saturated carbocycles. The van der Waals surface area contributed by atoms with Gasteiger partial charge in [-0.25, -0.2) is 4.79 Å². The van der Waals surface area contributed by atoms with E-state index in [1.54, 1.807) is 0 Å². The fraction of sp³-hybridized carbons (Fsp3) is 0.833. The predicted octanol–water partition coefficient (Wildman–Crippen LogP) is 1.30. The van der Waals surface area contributed by atoms with Gasteiger partial charge in [-0.15, -0.1) is 0 Å². The third-order valence-electron chi connectivity index (χ3n) is 2.69. The Balaban J connectivity index is 2.35. The van der Waals surface area contributed by atoms with Gasteiger partial charge in [0.15, 0.2) is 0 Å². The van der Waals surface area contributed by atoms with Gasteiger partial charge in [0.05, 0.1) is 24.2 Å². The average Bonchev–Trinajstić information content (AvgIpc) is 2.71. The fourth-order valence-corrected chi connectivity index (χ4v) is 2.23. The first-order chi connectivity index (χ1) is 8.33. The van der Waals surface area contributed by atoms with Crippen molar-refractivity contribution in [1.82, 2.24) is 10.2 Å². The molecule has 2 N–H and O–H groups in total. The minimum absolute atomic E-state index is 0.0953. The monoisotopic (exact) mass is 274 g/mol. The highest BCUT2D eigenvalue weighted by atomic mass is 32.1. The maximum absolute atomic E-state index is 11.5. The van der Waals surface area contributed by atoms with Crippen LogP contribution in [0.15, 0.2) is 0 Å². The number of aliphatic hydroxyl groups excluding tert-OH is 1. The highest BCUT2D eigenvalue weighted by molar-refractivity contribution is 7.80. The number of carbonyl (C=O) groups excluding carboxylic acids is 1. The molecule has 1 fully saturated rings. The Morgan fingerprint density at radius 1 is 1.56 bits per heavy atom. The van der Waals surface area contributed by atoms with E-state index in [1.165, 1.54) is 0 Å². The van der Waals surface area contributed by atoms with Crippen LogP contribution < -0.4 is 5.32 Å². The summed E-state index contributed by atoms with van der Waals surface area (Å²) in [5.74, 6) is 0. The molecule has 1 saturated heterocycles. The van der Waals surface area contributed by atoms with E-state index >= 15 is 0 Å². The summed E-state index contributed by atoms with van der Waals surface area (Å²) in [5.41, 5.74) is -0.507. The number of nitrogens with zero attached hydrogens (tertiary/aromatic N) is 1. The van der Waals surface area contributed by atoms with Crippen LogP contribution in [0, 0.1) is 0 Å². The van der Waals surface area contributed by atoms with Gasteiger partial charge in [0.2, 0.25) is 0 Å². The number of likely N-dealkylation sites (tertiary alicyclic amines) is 1.